The van der Waals surface area contributed by atoms with Crippen LogP contribution in [0.3, 0.4) is 0 Å². The van der Waals surface area contributed by atoms with Gasteiger partial charge in [0.05, 0.1) is 0 Å². The largest absolute Gasteiger partial charge is 0.399 e. The number of nitrogens with two attached hydrogens (primary N) is 1. The van der Waals surface area contributed by atoms with Crippen molar-refractivity contribution in [3.63, 3.8) is 0 Å². The Balaban J connectivity index is 1.70. The Kier molecular flexibility index (Phi) is 4.75. The number of benzene rings is 1. The molecule has 2 rings (SSSR count). The molecule has 94 valence electrons. The molecule has 0 spiro atoms. The molecule has 1 aliphatic rings. The number of thioether (sulfide) groups is 1. The van der Waals surface area contributed by atoms with Gasteiger partial charge in [-0.15, -0.1) is 0 Å². The monoisotopic (exact) mass is 250 g/mol. The highest BCUT2D eigenvalue weighted by Crippen LogP contribution is 2.18. The first-order valence-corrected chi connectivity index (χ1v) is 7.47. The third-order valence-electron chi connectivity index (χ3n) is 3.24. The van der Waals surface area contributed by atoms with Gasteiger partial charge in [-0.05, 0) is 37.1 Å². The molecule has 1 fully saturated rings. The van der Waals surface area contributed by atoms with E-state index >= 15 is 0 Å². The lowest BCUT2D eigenvalue weighted by atomic mass is 10.1. The summed E-state index contributed by atoms with van der Waals surface area (Å²) in [4.78, 5) is 2.60. The number of hydrogen-bond acceptors (Lipinski definition) is 3. The van der Waals surface area contributed by atoms with Crippen molar-refractivity contribution in [1.82, 2.24) is 4.90 Å². The first-order chi connectivity index (χ1) is 8.24. The van der Waals surface area contributed by atoms with Crippen LogP contribution in [0.25, 0.3) is 0 Å². The Bertz CT molecular complexity index is 337. The van der Waals surface area contributed by atoms with Gasteiger partial charge in [0, 0.05) is 29.8 Å². The number of nitrogens with zero attached hydrogens (tertiary/aromatic N) is 1. The fraction of sp³-hybridized carbons (Fsp3) is 0.571. The van der Waals surface area contributed by atoms with E-state index in [1.807, 2.05) is 12.1 Å². The summed E-state index contributed by atoms with van der Waals surface area (Å²) in [5, 5.41) is 0.806. The van der Waals surface area contributed by atoms with Gasteiger partial charge in [-0.2, -0.15) is 11.8 Å². The van der Waals surface area contributed by atoms with Crippen LogP contribution < -0.4 is 5.73 Å². The maximum absolute atomic E-state index is 5.68. The topological polar surface area (TPSA) is 29.3 Å². The second kappa shape index (κ2) is 6.31. The highest BCUT2D eigenvalue weighted by molar-refractivity contribution is 7.99. The van der Waals surface area contributed by atoms with Gasteiger partial charge in [0.1, 0.15) is 0 Å². The predicted molar refractivity (Wildman–Crippen MR) is 77.5 cm³/mol. The molecule has 3 heteroatoms. The summed E-state index contributed by atoms with van der Waals surface area (Å²) in [5.41, 5.74) is 7.94. The van der Waals surface area contributed by atoms with Crippen LogP contribution in [0.4, 0.5) is 5.69 Å². The SMILES string of the molecule is CC1CN(CCCc2ccc(N)cc2)CCS1. The summed E-state index contributed by atoms with van der Waals surface area (Å²) in [5.74, 6) is 1.29. The van der Waals surface area contributed by atoms with Gasteiger partial charge >= 0.3 is 0 Å². The molecule has 1 saturated heterocycles. The minimum atomic E-state index is 0.806. The van der Waals surface area contributed by atoms with Crippen LogP contribution in [0.5, 0.6) is 0 Å². The van der Waals surface area contributed by atoms with E-state index in [4.69, 9.17) is 5.73 Å². The molecule has 0 saturated carbocycles. The van der Waals surface area contributed by atoms with E-state index in [0.717, 1.165) is 17.4 Å². The zero-order chi connectivity index (χ0) is 12.1. The molecule has 2 nitrogen and oxygen atoms in total. The zero-order valence-corrected chi connectivity index (χ0v) is 11.4. The van der Waals surface area contributed by atoms with Crippen molar-refractivity contribution in [2.24, 2.45) is 0 Å². The minimum Gasteiger partial charge on any atom is -0.399 e. The molecule has 0 aromatic heterocycles. The Morgan fingerprint density at radius 2 is 2.12 bits per heavy atom. The van der Waals surface area contributed by atoms with E-state index in [2.05, 4.69) is 35.7 Å². The van der Waals surface area contributed by atoms with Crippen molar-refractivity contribution < 1.29 is 0 Å². The van der Waals surface area contributed by atoms with Crippen LogP contribution in [-0.4, -0.2) is 35.5 Å². The lowest BCUT2D eigenvalue weighted by molar-refractivity contribution is 0.283. The molecule has 1 unspecified atom stereocenters. The molecule has 1 aromatic carbocycles. The van der Waals surface area contributed by atoms with Gasteiger partial charge < -0.3 is 10.6 Å². The van der Waals surface area contributed by atoms with Crippen LogP contribution in [0.1, 0.15) is 18.9 Å². The molecule has 0 aliphatic carbocycles. The number of aryl methyl sites for hydroxylation is 1. The molecule has 17 heavy (non-hydrogen) atoms. The second-order valence-electron chi connectivity index (χ2n) is 4.83. The van der Waals surface area contributed by atoms with E-state index in [1.165, 1.54) is 37.4 Å². The van der Waals surface area contributed by atoms with Crippen molar-refractivity contribution in [3.8, 4) is 0 Å². The Morgan fingerprint density at radius 3 is 2.82 bits per heavy atom. The molecule has 1 aromatic rings. The molecule has 2 N–H and O–H groups in total. The van der Waals surface area contributed by atoms with Crippen LogP contribution in [0.2, 0.25) is 0 Å². The van der Waals surface area contributed by atoms with E-state index in [-0.39, 0.29) is 0 Å². The zero-order valence-electron chi connectivity index (χ0n) is 10.6. The number of hydrogen-bond donors (Lipinski definition) is 1. The molecule has 0 radical (unpaired) electrons. The summed E-state index contributed by atoms with van der Waals surface area (Å²) in [7, 11) is 0. The molecular formula is C14H22N2S. The number of rotatable bonds is 4. The lowest BCUT2D eigenvalue weighted by Crippen LogP contribution is -2.37. The maximum atomic E-state index is 5.68. The number of nitrogen functional groups attached to an aromatic ring is 1. The van der Waals surface area contributed by atoms with Crippen molar-refractivity contribution in [1.29, 1.82) is 0 Å². The van der Waals surface area contributed by atoms with Gasteiger partial charge in [-0.25, -0.2) is 0 Å². The minimum absolute atomic E-state index is 0.806. The lowest BCUT2D eigenvalue weighted by Gasteiger charge is -2.30. The summed E-state index contributed by atoms with van der Waals surface area (Å²) >= 11 is 2.10. The van der Waals surface area contributed by atoms with E-state index in [0.29, 0.717) is 0 Å². The standard InChI is InChI=1S/C14H22N2S/c1-12-11-16(9-10-17-12)8-2-3-13-4-6-14(15)7-5-13/h4-7,12H,2-3,8-11,15H2,1H3. The summed E-state index contributed by atoms with van der Waals surface area (Å²) in [6.07, 6.45) is 2.42. The average Bonchev–Trinajstić information content (AvgIpc) is 2.32. The van der Waals surface area contributed by atoms with Gasteiger partial charge in [0.15, 0.2) is 0 Å². The van der Waals surface area contributed by atoms with Gasteiger partial charge in [0.2, 0.25) is 0 Å². The highest BCUT2D eigenvalue weighted by Gasteiger charge is 2.15. The molecular weight excluding hydrogens is 228 g/mol. The van der Waals surface area contributed by atoms with Crippen LogP contribution >= 0.6 is 11.8 Å². The predicted octanol–water partition coefficient (Wildman–Crippen LogP) is 2.64. The van der Waals surface area contributed by atoms with E-state index in [9.17, 15) is 0 Å². The van der Waals surface area contributed by atoms with E-state index < -0.39 is 0 Å². The quantitative estimate of drug-likeness (QED) is 0.833. The Morgan fingerprint density at radius 1 is 1.35 bits per heavy atom. The molecule has 1 aliphatic heterocycles. The van der Waals surface area contributed by atoms with Crippen LogP contribution in [-0.2, 0) is 6.42 Å². The Labute approximate surface area is 109 Å². The van der Waals surface area contributed by atoms with Gasteiger partial charge in [-0.1, -0.05) is 19.1 Å². The Hall–Kier alpha value is -0.670. The summed E-state index contributed by atoms with van der Waals surface area (Å²) in [6.45, 7) is 6.08. The van der Waals surface area contributed by atoms with Crippen LogP contribution in [0.15, 0.2) is 24.3 Å². The smallest absolute Gasteiger partial charge is 0.0314 e. The summed E-state index contributed by atoms with van der Waals surface area (Å²) in [6, 6.07) is 8.28. The van der Waals surface area contributed by atoms with Gasteiger partial charge in [0.25, 0.3) is 0 Å². The first-order valence-electron chi connectivity index (χ1n) is 6.42. The first kappa shape index (κ1) is 12.8. The third kappa shape index (κ3) is 4.25. The second-order valence-corrected chi connectivity index (χ2v) is 6.37. The highest BCUT2D eigenvalue weighted by atomic mass is 32.2. The molecule has 0 bridgehead atoms. The van der Waals surface area contributed by atoms with Crippen molar-refractivity contribution in [2.75, 3.05) is 31.1 Å². The normalized spacial score (nSPS) is 21.6. The third-order valence-corrected chi connectivity index (χ3v) is 4.38. The van der Waals surface area contributed by atoms with E-state index in [1.54, 1.807) is 0 Å². The maximum Gasteiger partial charge on any atom is 0.0314 e. The van der Waals surface area contributed by atoms with Crippen molar-refractivity contribution in [2.45, 2.75) is 25.0 Å². The van der Waals surface area contributed by atoms with Crippen molar-refractivity contribution >= 4 is 17.4 Å². The van der Waals surface area contributed by atoms with Crippen molar-refractivity contribution in [3.05, 3.63) is 29.8 Å². The molecule has 1 atom stereocenters. The molecule has 0 amide bonds. The average molecular weight is 250 g/mol. The molecule has 1 heterocycles. The fourth-order valence-corrected chi connectivity index (χ4v) is 3.37. The number of anilines is 1. The fourth-order valence-electron chi connectivity index (χ4n) is 2.28. The summed E-state index contributed by atoms with van der Waals surface area (Å²) < 4.78 is 0. The van der Waals surface area contributed by atoms with Gasteiger partial charge in [-0.3, -0.25) is 0 Å². The van der Waals surface area contributed by atoms with Crippen LogP contribution in [0, 0.1) is 0 Å².